The Labute approximate surface area is 158 Å². The molecule has 0 spiro atoms. The summed E-state index contributed by atoms with van der Waals surface area (Å²) in [5.74, 6) is -0.946. The number of hydrogen-bond acceptors (Lipinski definition) is 4. The summed E-state index contributed by atoms with van der Waals surface area (Å²) in [5.41, 5.74) is 7.46. The monoisotopic (exact) mass is 614 g/mol. The smallest absolute Gasteiger partial charge is 0.326 e. The van der Waals surface area contributed by atoms with Gasteiger partial charge in [0.1, 0.15) is 12.3 Å². The summed E-state index contributed by atoms with van der Waals surface area (Å²) in [7, 11) is 1.72. The van der Waals surface area contributed by atoms with Crippen LogP contribution < -0.4 is 10.6 Å². The zero-order valence-corrected chi connectivity index (χ0v) is 17.0. The number of halogens is 3. The Balaban J connectivity index is 3.24. The lowest BCUT2D eigenvalue weighted by molar-refractivity contribution is -0.138. The molecule has 0 fully saturated rings. The number of aliphatic carboxylic acids is 1. The van der Waals surface area contributed by atoms with Gasteiger partial charge in [-0.15, -0.1) is 0 Å². The third kappa shape index (κ3) is 4.08. The van der Waals surface area contributed by atoms with E-state index in [1.54, 1.807) is 11.9 Å². The van der Waals surface area contributed by atoms with Crippen molar-refractivity contribution in [3.05, 3.63) is 16.8 Å². The van der Waals surface area contributed by atoms with Gasteiger partial charge in [0.15, 0.2) is 0 Å². The highest BCUT2D eigenvalue weighted by Crippen LogP contribution is 2.36. The van der Waals surface area contributed by atoms with Crippen LogP contribution in [0.15, 0.2) is 6.07 Å². The minimum atomic E-state index is -0.946. The van der Waals surface area contributed by atoms with Gasteiger partial charge in [0.25, 0.3) is 0 Å². The Kier molecular flexibility index (Phi) is 7.24. The van der Waals surface area contributed by atoms with E-state index in [2.05, 4.69) is 67.8 Å². The summed E-state index contributed by atoms with van der Waals surface area (Å²) in [6.07, 6.45) is 1.23. The Morgan fingerprint density at radius 2 is 2.05 bits per heavy atom. The van der Waals surface area contributed by atoms with Crippen molar-refractivity contribution >= 4 is 91.4 Å². The number of nitrogens with zero attached hydrogens (tertiary/aromatic N) is 1. The molecular weight excluding hydrogens is 601 g/mol. The van der Waals surface area contributed by atoms with E-state index in [1.165, 1.54) is 0 Å². The second kappa shape index (κ2) is 7.96. The number of carboxylic acid groups (broad SMARTS) is 1. The van der Waals surface area contributed by atoms with Crippen LogP contribution >= 0.6 is 67.8 Å². The molecule has 3 N–H and O–H groups in total. The number of nitrogens with two attached hydrogens (primary N) is 1. The average molecular weight is 614 g/mol. The van der Waals surface area contributed by atoms with E-state index in [-0.39, 0.29) is 12.8 Å². The highest BCUT2D eigenvalue weighted by atomic mass is 127. The lowest BCUT2D eigenvalue weighted by Gasteiger charge is -2.29. The van der Waals surface area contributed by atoms with Gasteiger partial charge in [-0.25, -0.2) is 4.79 Å². The van der Waals surface area contributed by atoms with Crippen LogP contribution in [0.4, 0.5) is 11.4 Å². The maximum Gasteiger partial charge on any atom is 0.326 e. The third-order valence-electron chi connectivity index (χ3n) is 2.84. The highest BCUT2D eigenvalue weighted by molar-refractivity contribution is 14.1. The Hall–Kier alpha value is 0.150. The van der Waals surface area contributed by atoms with Crippen molar-refractivity contribution in [1.82, 2.24) is 0 Å². The minimum Gasteiger partial charge on any atom is -0.480 e. The van der Waals surface area contributed by atoms with Crippen molar-refractivity contribution in [1.29, 1.82) is 0 Å². The van der Waals surface area contributed by atoms with Gasteiger partial charge in [0.2, 0.25) is 0 Å². The topological polar surface area (TPSA) is 83.6 Å². The molecule has 1 unspecified atom stereocenters. The van der Waals surface area contributed by atoms with Gasteiger partial charge in [-0.1, -0.05) is 0 Å². The molecule has 0 saturated carbocycles. The number of carboxylic acids is 1. The van der Waals surface area contributed by atoms with Crippen molar-refractivity contribution < 1.29 is 14.7 Å². The van der Waals surface area contributed by atoms with Crippen molar-refractivity contribution in [3.63, 3.8) is 0 Å². The molecular formula is C12H13I3N2O3. The van der Waals surface area contributed by atoms with Gasteiger partial charge < -0.3 is 20.5 Å². The van der Waals surface area contributed by atoms with E-state index < -0.39 is 12.0 Å². The molecule has 110 valence electrons. The first kappa shape index (κ1) is 18.2. The predicted molar refractivity (Wildman–Crippen MR) is 104 cm³/mol. The highest BCUT2D eigenvalue weighted by Gasteiger charge is 2.26. The number of rotatable bonds is 6. The van der Waals surface area contributed by atoms with Crippen LogP contribution in [0.1, 0.15) is 12.8 Å². The number of hydrogen-bond donors (Lipinski definition) is 2. The fraction of sp³-hybridized carbons (Fsp3) is 0.333. The van der Waals surface area contributed by atoms with Gasteiger partial charge in [-0.05, 0) is 80.3 Å². The second-order valence-corrected chi connectivity index (χ2v) is 7.53. The van der Waals surface area contributed by atoms with Crippen molar-refractivity contribution in [3.8, 4) is 0 Å². The first-order valence-electron chi connectivity index (χ1n) is 5.63. The molecule has 5 nitrogen and oxygen atoms in total. The molecule has 0 aliphatic heterocycles. The number of benzene rings is 1. The van der Waals surface area contributed by atoms with E-state index in [0.717, 1.165) is 22.7 Å². The van der Waals surface area contributed by atoms with Crippen molar-refractivity contribution in [2.45, 2.75) is 18.9 Å². The van der Waals surface area contributed by atoms with Crippen LogP contribution in [0.3, 0.4) is 0 Å². The van der Waals surface area contributed by atoms with Crippen molar-refractivity contribution in [2.75, 3.05) is 17.7 Å². The van der Waals surface area contributed by atoms with Crippen LogP contribution in [0.25, 0.3) is 0 Å². The number of likely N-dealkylation sites (N-methyl/N-ethyl adjacent to an activating group) is 1. The van der Waals surface area contributed by atoms with Gasteiger partial charge in [0, 0.05) is 20.6 Å². The summed E-state index contributed by atoms with van der Waals surface area (Å²) in [6.45, 7) is 0. The summed E-state index contributed by atoms with van der Waals surface area (Å²) in [6, 6.07) is 1.17. The zero-order chi connectivity index (χ0) is 15.4. The molecule has 8 heteroatoms. The summed E-state index contributed by atoms with van der Waals surface area (Å²) >= 11 is 6.45. The SMILES string of the molecule is CN(c1c(I)cc(I)c(N)c1I)C(CCC=O)C(=O)O. The maximum atomic E-state index is 11.4. The number of anilines is 2. The molecule has 0 aliphatic rings. The van der Waals surface area contributed by atoms with E-state index in [9.17, 15) is 14.7 Å². The molecule has 0 radical (unpaired) electrons. The largest absolute Gasteiger partial charge is 0.480 e. The normalized spacial score (nSPS) is 12.0. The average Bonchev–Trinajstić information content (AvgIpc) is 2.36. The lowest BCUT2D eigenvalue weighted by atomic mass is 10.1. The fourth-order valence-electron chi connectivity index (χ4n) is 1.78. The molecule has 1 aromatic carbocycles. The van der Waals surface area contributed by atoms with E-state index in [1.807, 2.05) is 6.07 Å². The molecule has 0 bridgehead atoms. The quantitative estimate of drug-likeness (QED) is 0.293. The van der Waals surface area contributed by atoms with Gasteiger partial charge in [-0.2, -0.15) is 0 Å². The Bertz CT molecular complexity index is 537. The molecule has 0 aliphatic carbocycles. The number of carbonyl (C=O) groups excluding carboxylic acids is 1. The maximum absolute atomic E-state index is 11.4. The number of aldehydes is 1. The van der Waals surface area contributed by atoms with Crippen LogP contribution in [0.2, 0.25) is 0 Å². The molecule has 0 heterocycles. The van der Waals surface area contributed by atoms with Crippen LogP contribution in [0, 0.1) is 10.7 Å². The molecule has 20 heavy (non-hydrogen) atoms. The molecule has 1 rings (SSSR count). The van der Waals surface area contributed by atoms with E-state index in [0.29, 0.717) is 5.69 Å². The third-order valence-corrected chi connectivity index (χ3v) is 5.65. The predicted octanol–water partition coefficient (Wildman–Crippen LogP) is 2.95. The Morgan fingerprint density at radius 3 is 2.55 bits per heavy atom. The standard InChI is InChI=1S/C12H13I3N2O3/c1-17(8(12(19)20)3-2-4-18)11-7(14)5-6(13)10(16)9(11)15/h4-5,8H,2-3,16H2,1H3,(H,19,20). The van der Waals surface area contributed by atoms with E-state index in [4.69, 9.17) is 5.73 Å². The minimum absolute atomic E-state index is 0.217. The van der Waals surface area contributed by atoms with Gasteiger partial charge in [0.05, 0.1) is 14.9 Å². The van der Waals surface area contributed by atoms with E-state index >= 15 is 0 Å². The zero-order valence-electron chi connectivity index (χ0n) is 10.6. The molecule has 0 saturated heterocycles. The molecule has 0 amide bonds. The number of nitrogen functional groups attached to an aromatic ring is 1. The molecule has 1 aromatic rings. The summed E-state index contributed by atoms with van der Waals surface area (Å²) in [4.78, 5) is 23.6. The summed E-state index contributed by atoms with van der Waals surface area (Å²) < 4.78 is 2.71. The van der Waals surface area contributed by atoms with Gasteiger partial charge in [-0.3, -0.25) is 0 Å². The van der Waals surface area contributed by atoms with Crippen molar-refractivity contribution in [2.24, 2.45) is 0 Å². The summed E-state index contributed by atoms with van der Waals surface area (Å²) in [5, 5.41) is 9.34. The Morgan fingerprint density at radius 1 is 1.45 bits per heavy atom. The second-order valence-electron chi connectivity index (χ2n) is 4.13. The van der Waals surface area contributed by atoms with Crippen LogP contribution in [0.5, 0.6) is 0 Å². The van der Waals surface area contributed by atoms with Crippen LogP contribution in [-0.2, 0) is 9.59 Å². The first-order chi connectivity index (χ1) is 9.31. The molecule has 0 aromatic heterocycles. The number of carbonyl (C=O) groups is 2. The molecule has 1 atom stereocenters. The first-order valence-corrected chi connectivity index (χ1v) is 8.87. The van der Waals surface area contributed by atoms with Gasteiger partial charge >= 0.3 is 5.97 Å². The van der Waals surface area contributed by atoms with Crippen LogP contribution in [-0.4, -0.2) is 30.5 Å². The lowest BCUT2D eigenvalue weighted by Crippen LogP contribution is -2.39. The fourth-order valence-corrected chi connectivity index (χ4v) is 5.91.